The molecule has 0 aromatic heterocycles. The smallest absolute Gasteiger partial charge is 0.335 e. The molecule has 7 heteroatoms. The van der Waals surface area contributed by atoms with Gasteiger partial charge >= 0.3 is 16.1 Å². The Bertz CT molecular complexity index is 254. The third kappa shape index (κ3) is 5.56. The van der Waals surface area contributed by atoms with Crippen molar-refractivity contribution in [3.63, 3.8) is 0 Å². The van der Waals surface area contributed by atoms with Gasteiger partial charge in [0.15, 0.2) is 0 Å². The number of hydrogen-bond acceptors (Lipinski definition) is 6. The molecule has 6 nitrogen and oxygen atoms in total. The van der Waals surface area contributed by atoms with Crippen molar-refractivity contribution in [2.24, 2.45) is 0 Å². The molecule has 0 spiro atoms. The molecule has 0 rings (SSSR count). The molecule has 1 unspecified atom stereocenters. The minimum absolute atomic E-state index is 0.0193. The van der Waals surface area contributed by atoms with Gasteiger partial charge in [0.1, 0.15) is 6.10 Å². The Morgan fingerprint density at radius 2 is 2.08 bits per heavy atom. The van der Waals surface area contributed by atoms with E-state index < -0.39 is 28.1 Å². The summed E-state index contributed by atoms with van der Waals surface area (Å²) >= 11 is 0. The molecule has 0 aromatic carbocycles. The molecule has 13 heavy (non-hydrogen) atoms. The lowest BCUT2D eigenvalue weighted by Gasteiger charge is -2.06. The maximum Gasteiger partial charge on any atom is 0.335 e. The van der Waals surface area contributed by atoms with Crippen LogP contribution in [0.2, 0.25) is 0 Å². The van der Waals surface area contributed by atoms with Gasteiger partial charge in [-0.3, -0.25) is 4.18 Å². The first-order valence-corrected chi connectivity index (χ1v) is 5.18. The van der Waals surface area contributed by atoms with Crippen molar-refractivity contribution in [2.45, 2.75) is 20.0 Å². The van der Waals surface area contributed by atoms with Crippen LogP contribution in [0.5, 0.6) is 0 Å². The molecule has 0 saturated carbocycles. The van der Waals surface area contributed by atoms with Gasteiger partial charge in [-0.05, 0) is 13.8 Å². The number of esters is 1. The van der Waals surface area contributed by atoms with E-state index in [-0.39, 0.29) is 6.61 Å². The third-order valence-corrected chi connectivity index (χ3v) is 1.99. The van der Waals surface area contributed by atoms with E-state index in [0.717, 1.165) is 0 Å². The number of carbonyl (C=O) groups is 1. The Hall–Kier alpha value is -0.660. The average molecular weight is 212 g/mol. The fourth-order valence-electron chi connectivity index (χ4n) is 0.464. The van der Waals surface area contributed by atoms with E-state index in [1.807, 2.05) is 0 Å². The van der Waals surface area contributed by atoms with Crippen LogP contribution in [0.3, 0.4) is 0 Å². The molecule has 0 bridgehead atoms. The van der Waals surface area contributed by atoms with Crippen molar-refractivity contribution in [2.75, 3.05) is 12.5 Å². The summed E-state index contributed by atoms with van der Waals surface area (Å²) in [5, 5.41) is 8.64. The summed E-state index contributed by atoms with van der Waals surface area (Å²) in [5.41, 5.74) is 0. The highest BCUT2D eigenvalue weighted by Crippen LogP contribution is 1.96. The Morgan fingerprint density at radius 1 is 1.54 bits per heavy atom. The highest BCUT2D eigenvalue weighted by atomic mass is 32.2. The topological polar surface area (TPSA) is 89.9 Å². The molecule has 0 aliphatic carbocycles. The molecular weight excluding hydrogens is 200 g/mol. The monoisotopic (exact) mass is 212 g/mol. The molecular formula is C6H12O6S. The summed E-state index contributed by atoms with van der Waals surface area (Å²) in [4.78, 5) is 10.6. The molecule has 78 valence electrons. The minimum Gasteiger partial charge on any atom is -0.445 e. The van der Waals surface area contributed by atoms with Gasteiger partial charge in [-0.15, -0.1) is 0 Å². The Balaban J connectivity index is 3.96. The molecule has 0 fully saturated rings. The molecule has 0 aliphatic heterocycles. The highest BCUT2D eigenvalue weighted by Gasteiger charge is 2.16. The van der Waals surface area contributed by atoms with Crippen molar-refractivity contribution < 1.29 is 27.2 Å². The first-order chi connectivity index (χ1) is 5.89. The van der Waals surface area contributed by atoms with Crippen LogP contribution in [0.15, 0.2) is 0 Å². The second kappa shape index (κ2) is 5.15. The van der Waals surface area contributed by atoms with E-state index >= 15 is 0 Å². The SMILES string of the molecule is CCOS(=O)(=O)COC(=O)C(C)O. The normalized spacial score (nSPS) is 13.8. The first-order valence-electron chi connectivity index (χ1n) is 3.61. The summed E-state index contributed by atoms with van der Waals surface area (Å²) in [5.74, 6) is -1.87. The molecule has 0 aromatic rings. The van der Waals surface area contributed by atoms with Gasteiger partial charge in [-0.1, -0.05) is 0 Å². The van der Waals surface area contributed by atoms with Crippen LogP contribution >= 0.6 is 0 Å². The minimum atomic E-state index is -3.81. The second-order valence-corrected chi connectivity index (χ2v) is 3.81. The van der Waals surface area contributed by atoms with Crippen LogP contribution in [0.25, 0.3) is 0 Å². The van der Waals surface area contributed by atoms with E-state index in [2.05, 4.69) is 8.92 Å². The van der Waals surface area contributed by atoms with Crippen LogP contribution in [-0.4, -0.2) is 38.1 Å². The molecule has 0 heterocycles. The van der Waals surface area contributed by atoms with E-state index in [4.69, 9.17) is 5.11 Å². The number of ether oxygens (including phenoxy) is 1. The summed E-state index contributed by atoms with van der Waals surface area (Å²) < 4.78 is 30.0. The van der Waals surface area contributed by atoms with Crippen molar-refractivity contribution in [1.29, 1.82) is 0 Å². The quantitative estimate of drug-likeness (QED) is 0.475. The lowest BCUT2D eigenvalue weighted by molar-refractivity contribution is -0.150. The van der Waals surface area contributed by atoms with Crippen LogP contribution in [0.1, 0.15) is 13.8 Å². The number of aliphatic hydroxyl groups is 1. The van der Waals surface area contributed by atoms with Crippen molar-refractivity contribution in [1.82, 2.24) is 0 Å². The maximum absolute atomic E-state index is 10.8. The van der Waals surface area contributed by atoms with Crippen LogP contribution < -0.4 is 0 Å². The zero-order valence-corrected chi connectivity index (χ0v) is 8.20. The van der Waals surface area contributed by atoms with Crippen molar-refractivity contribution in [3.05, 3.63) is 0 Å². The molecule has 0 amide bonds. The molecule has 1 atom stereocenters. The first kappa shape index (κ1) is 12.3. The van der Waals surface area contributed by atoms with Crippen LogP contribution in [-0.2, 0) is 23.8 Å². The highest BCUT2D eigenvalue weighted by molar-refractivity contribution is 7.86. The van der Waals surface area contributed by atoms with Gasteiger partial charge in [-0.2, -0.15) is 8.42 Å². The zero-order valence-electron chi connectivity index (χ0n) is 7.39. The van der Waals surface area contributed by atoms with Gasteiger partial charge in [0, 0.05) is 0 Å². The van der Waals surface area contributed by atoms with Crippen LogP contribution in [0.4, 0.5) is 0 Å². The van der Waals surface area contributed by atoms with Crippen molar-refractivity contribution in [3.8, 4) is 0 Å². The predicted molar refractivity (Wildman–Crippen MR) is 43.2 cm³/mol. The number of aliphatic hydroxyl groups excluding tert-OH is 1. The predicted octanol–water partition coefficient (Wildman–Crippen LogP) is -0.766. The molecule has 1 N–H and O–H groups in total. The van der Waals surface area contributed by atoms with Gasteiger partial charge in [0.2, 0.25) is 5.94 Å². The Kier molecular flexibility index (Phi) is 4.89. The second-order valence-electron chi connectivity index (χ2n) is 2.22. The number of carbonyl (C=O) groups excluding carboxylic acids is 1. The number of hydrogen-bond donors (Lipinski definition) is 1. The third-order valence-electron chi connectivity index (χ3n) is 0.984. The zero-order chi connectivity index (χ0) is 10.5. The van der Waals surface area contributed by atoms with Gasteiger partial charge in [0.05, 0.1) is 6.61 Å². The van der Waals surface area contributed by atoms with Crippen molar-refractivity contribution >= 4 is 16.1 Å². The standard InChI is InChI=1S/C6H12O6S/c1-3-12-13(9,10)4-11-6(8)5(2)7/h5,7H,3-4H2,1-2H3. The lowest BCUT2D eigenvalue weighted by atomic mass is 10.4. The van der Waals surface area contributed by atoms with Crippen LogP contribution in [0, 0.1) is 0 Å². The number of rotatable bonds is 5. The lowest BCUT2D eigenvalue weighted by Crippen LogP contribution is -2.23. The fraction of sp³-hybridized carbons (Fsp3) is 0.833. The Labute approximate surface area is 76.6 Å². The maximum atomic E-state index is 10.8. The summed E-state index contributed by atoms with van der Waals surface area (Å²) in [6, 6.07) is 0. The summed E-state index contributed by atoms with van der Waals surface area (Å²) in [7, 11) is -3.81. The largest absolute Gasteiger partial charge is 0.445 e. The van der Waals surface area contributed by atoms with Gasteiger partial charge in [0.25, 0.3) is 0 Å². The molecule has 0 saturated heterocycles. The summed E-state index contributed by atoms with van der Waals surface area (Å²) in [6.45, 7) is 2.65. The molecule has 0 radical (unpaired) electrons. The van der Waals surface area contributed by atoms with E-state index in [0.29, 0.717) is 0 Å². The fourth-order valence-corrected chi connectivity index (χ4v) is 1.15. The molecule has 0 aliphatic rings. The van der Waals surface area contributed by atoms with Gasteiger partial charge < -0.3 is 9.84 Å². The average Bonchev–Trinajstić information content (AvgIpc) is 2.00. The Morgan fingerprint density at radius 3 is 2.46 bits per heavy atom. The van der Waals surface area contributed by atoms with E-state index in [9.17, 15) is 13.2 Å². The van der Waals surface area contributed by atoms with E-state index in [1.54, 1.807) is 0 Å². The van der Waals surface area contributed by atoms with E-state index in [1.165, 1.54) is 13.8 Å². The summed E-state index contributed by atoms with van der Waals surface area (Å²) in [6.07, 6.45) is -1.34. The van der Waals surface area contributed by atoms with Gasteiger partial charge in [-0.25, -0.2) is 4.79 Å².